The van der Waals surface area contributed by atoms with Crippen LogP contribution in [0.1, 0.15) is 25.2 Å². The van der Waals surface area contributed by atoms with Crippen LogP contribution in [0, 0.1) is 5.82 Å². The van der Waals surface area contributed by atoms with Gasteiger partial charge >= 0.3 is 0 Å². The van der Waals surface area contributed by atoms with Crippen molar-refractivity contribution in [2.45, 2.75) is 26.8 Å². The third-order valence-corrected chi connectivity index (χ3v) is 5.40. The fraction of sp³-hybridized carbons (Fsp3) is 0.526. The van der Waals surface area contributed by atoms with E-state index in [9.17, 15) is 4.39 Å². The molecular weight excluding hydrogens is 379 g/mol. The fourth-order valence-corrected chi connectivity index (χ4v) is 3.83. The van der Waals surface area contributed by atoms with Crippen molar-refractivity contribution in [1.82, 2.24) is 19.6 Å². The van der Waals surface area contributed by atoms with Gasteiger partial charge in [-0.3, -0.25) is 0 Å². The standard InChI is InChI=1S/C19H27FN6OS/c1-4-17-23-19(28-24-17)26-10-8-25(9-11-26)18(21-5-2)22-13-14-6-7-16(27-3)15(20)12-14/h6-7,12H,4-5,8-11,13H2,1-3H3,(H,21,22). The number of guanidine groups is 1. The maximum Gasteiger partial charge on any atom is 0.205 e. The molecule has 1 aromatic carbocycles. The molecule has 2 heterocycles. The second kappa shape index (κ2) is 9.68. The molecule has 7 nitrogen and oxygen atoms in total. The predicted octanol–water partition coefficient (Wildman–Crippen LogP) is 2.54. The zero-order valence-electron chi connectivity index (χ0n) is 16.6. The summed E-state index contributed by atoms with van der Waals surface area (Å²) in [5, 5.41) is 4.33. The Kier molecular flexibility index (Phi) is 7.02. The van der Waals surface area contributed by atoms with Crippen LogP contribution in [0.15, 0.2) is 23.2 Å². The van der Waals surface area contributed by atoms with E-state index in [-0.39, 0.29) is 11.6 Å². The molecule has 0 amide bonds. The van der Waals surface area contributed by atoms with E-state index < -0.39 is 0 Å². The van der Waals surface area contributed by atoms with Crippen LogP contribution in [0.5, 0.6) is 5.75 Å². The Hall–Kier alpha value is -2.42. The monoisotopic (exact) mass is 406 g/mol. The number of aromatic nitrogens is 2. The lowest BCUT2D eigenvalue weighted by atomic mass is 10.2. The minimum absolute atomic E-state index is 0.249. The van der Waals surface area contributed by atoms with E-state index in [1.165, 1.54) is 24.7 Å². The SMILES string of the molecule is CCNC(=NCc1ccc(OC)c(F)c1)N1CCN(c2nc(CC)ns2)CC1. The van der Waals surface area contributed by atoms with E-state index in [1.54, 1.807) is 6.07 Å². The molecule has 9 heteroatoms. The zero-order chi connectivity index (χ0) is 19.9. The molecular formula is C19H27FN6OS. The lowest BCUT2D eigenvalue weighted by Crippen LogP contribution is -2.52. The highest BCUT2D eigenvalue weighted by Gasteiger charge is 2.22. The smallest absolute Gasteiger partial charge is 0.205 e. The summed E-state index contributed by atoms with van der Waals surface area (Å²) in [7, 11) is 1.46. The highest BCUT2D eigenvalue weighted by molar-refractivity contribution is 7.09. The van der Waals surface area contributed by atoms with E-state index in [4.69, 9.17) is 9.73 Å². The van der Waals surface area contributed by atoms with Gasteiger partial charge in [0.2, 0.25) is 5.13 Å². The first kappa shape index (κ1) is 20.3. The van der Waals surface area contributed by atoms with Gasteiger partial charge in [-0.25, -0.2) is 14.4 Å². The number of rotatable bonds is 6. The summed E-state index contributed by atoms with van der Waals surface area (Å²) in [6, 6.07) is 4.96. The zero-order valence-corrected chi connectivity index (χ0v) is 17.4. The molecule has 0 saturated carbocycles. The van der Waals surface area contributed by atoms with Crippen molar-refractivity contribution in [3.8, 4) is 5.75 Å². The second-order valence-electron chi connectivity index (χ2n) is 6.46. The van der Waals surface area contributed by atoms with Gasteiger partial charge in [0, 0.05) is 50.7 Å². The average Bonchev–Trinajstić information content (AvgIpc) is 3.21. The van der Waals surface area contributed by atoms with Crippen molar-refractivity contribution in [2.24, 2.45) is 4.99 Å². The molecule has 0 aliphatic carbocycles. The van der Waals surface area contributed by atoms with E-state index in [0.29, 0.717) is 6.54 Å². The van der Waals surface area contributed by atoms with Crippen LogP contribution in [-0.2, 0) is 13.0 Å². The van der Waals surface area contributed by atoms with Gasteiger partial charge in [-0.2, -0.15) is 4.37 Å². The number of ether oxygens (including phenoxy) is 1. The Morgan fingerprint density at radius 2 is 2.07 bits per heavy atom. The largest absolute Gasteiger partial charge is 0.494 e. The summed E-state index contributed by atoms with van der Waals surface area (Å²) in [6.07, 6.45) is 0.861. The maximum absolute atomic E-state index is 13.9. The quantitative estimate of drug-likeness (QED) is 0.588. The number of nitrogens with zero attached hydrogens (tertiary/aromatic N) is 5. The third-order valence-electron chi connectivity index (χ3n) is 4.59. The van der Waals surface area contributed by atoms with E-state index in [0.717, 1.165) is 61.6 Å². The third kappa shape index (κ3) is 4.89. The second-order valence-corrected chi connectivity index (χ2v) is 7.19. The minimum atomic E-state index is -0.364. The Morgan fingerprint density at radius 3 is 2.68 bits per heavy atom. The van der Waals surface area contributed by atoms with Crippen molar-refractivity contribution < 1.29 is 9.13 Å². The molecule has 1 aliphatic rings. The van der Waals surface area contributed by atoms with E-state index in [2.05, 4.69) is 31.4 Å². The van der Waals surface area contributed by atoms with E-state index >= 15 is 0 Å². The predicted molar refractivity (Wildman–Crippen MR) is 111 cm³/mol. The van der Waals surface area contributed by atoms with Gasteiger partial charge in [0.25, 0.3) is 0 Å². The fourth-order valence-electron chi connectivity index (χ4n) is 3.03. The molecule has 1 aliphatic heterocycles. The molecule has 2 aromatic rings. The van der Waals surface area contributed by atoms with Gasteiger partial charge in [-0.15, -0.1) is 0 Å². The number of halogens is 1. The Balaban J connectivity index is 1.62. The first-order valence-electron chi connectivity index (χ1n) is 9.57. The number of hydrogen-bond acceptors (Lipinski definition) is 6. The topological polar surface area (TPSA) is 65.9 Å². The Morgan fingerprint density at radius 1 is 1.29 bits per heavy atom. The number of piperazine rings is 1. The molecule has 0 radical (unpaired) electrons. The molecule has 152 valence electrons. The van der Waals surface area contributed by atoms with Crippen LogP contribution in [-0.4, -0.2) is 60.1 Å². The van der Waals surface area contributed by atoms with Crippen LogP contribution >= 0.6 is 11.5 Å². The number of hydrogen-bond donors (Lipinski definition) is 1. The molecule has 1 saturated heterocycles. The number of nitrogens with one attached hydrogen (secondary N) is 1. The van der Waals surface area contributed by atoms with Gasteiger partial charge in [0.1, 0.15) is 5.82 Å². The van der Waals surface area contributed by atoms with Crippen molar-refractivity contribution in [1.29, 1.82) is 0 Å². The molecule has 0 spiro atoms. The minimum Gasteiger partial charge on any atom is -0.494 e. The van der Waals surface area contributed by atoms with Crippen LogP contribution in [0.2, 0.25) is 0 Å². The summed E-state index contributed by atoms with van der Waals surface area (Å²) in [5.41, 5.74) is 0.813. The molecule has 0 unspecified atom stereocenters. The van der Waals surface area contributed by atoms with Gasteiger partial charge in [0.05, 0.1) is 13.7 Å². The maximum atomic E-state index is 13.9. The van der Waals surface area contributed by atoms with Gasteiger partial charge < -0.3 is 19.9 Å². The number of anilines is 1. The molecule has 1 fully saturated rings. The molecule has 0 atom stereocenters. The number of aryl methyl sites for hydroxylation is 1. The van der Waals surface area contributed by atoms with Gasteiger partial charge in [-0.05, 0) is 24.6 Å². The van der Waals surface area contributed by atoms with E-state index in [1.807, 2.05) is 13.0 Å². The molecule has 1 aromatic heterocycles. The van der Waals surface area contributed by atoms with Crippen molar-refractivity contribution in [2.75, 3.05) is 44.7 Å². The summed E-state index contributed by atoms with van der Waals surface area (Å²) < 4.78 is 23.2. The number of methoxy groups -OCH3 is 1. The summed E-state index contributed by atoms with van der Waals surface area (Å²) in [6.45, 7) is 8.77. The van der Waals surface area contributed by atoms with Crippen LogP contribution in [0.25, 0.3) is 0 Å². The number of aliphatic imine (C=N–C) groups is 1. The Bertz CT molecular complexity index is 803. The molecule has 0 bridgehead atoms. The highest BCUT2D eigenvalue weighted by atomic mass is 32.1. The normalized spacial score (nSPS) is 15.1. The average molecular weight is 407 g/mol. The van der Waals surface area contributed by atoms with Crippen LogP contribution < -0.4 is 15.0 Å². The molecule has 28 heavy (non-hydrogen) atoms. The van der Waals surface area contributed by atoms with Crippen molar-refractivity contribution >= 4 is 22.6 Å². The van der Waals surface area contributed by atoms with Crippen LogP contribution in [0.3, 0.4) is 0 Å². The first-order valence-corrected chi connectivity index (χ1v) is 10.3. The van der Waals surface area contributed by atoms with Crippen molar-refractivity contribution in [3.05, 3.63) is 35.4 Å². The van der Waals surface area contributed by atoms with Crippen molar-refractivity contribution in [3.63, 3.8) is 0 Å². The lowest BCUT2D eigenvalue weighted by Gasteiger charge is -2.36. The lowest BCUT2D eigenvalue weighted by molar-refractivity contribution is 0.372. The molecule has 3 rings (SSSR count). The number of benzene rings is 1. The van der Waals surface area contributed by atoms with Crippen LogP contribution in [0.4, 0.5) is 9.52 Å². The Labute approximate surface area is 169 Å². The van der Waals surface area contributed by atoms with Gasteiger partial charge in [0.15, 0.2) is 17.5 Å². The summed E-state index contributed by atoms with van der Waals surface area (Å²) in [5.74, 6) is 1.64. The highest BCUT2D eigenvalue weighted by Crippen LogP contribution is 2.20. The summed E-state index contributed by atoms with van der Waals surface area (Å²) in [4.78, 5) is 13.8. The molecule has 1 N–H and O–H groups in total. The van der Waals surface area contributed by atoms with Gasteiger partial charge in [-0.1, -0.05) is 13.0 Å². The summed E-state index contributed by atoms with van der Waals surface area (Å²) >= 11 is 1.47. The first-order chi connectivity index (χ1) is 13.6.